The number of carbonyl (C=O) groups is 1. The average molecular weight is 410 g/mol. The van der Waals surface area contributed by atoms with E-state index in [4.69, 9.17) is 4.74 Å². The molecule has 0 aliphatic carbocycles. The minimum Gasteiger partial charge on any atom is -0.465 e. The van der Waals surface area contributed by atoms with Crippen molar-refractivity contribution < 1.29 is 19.0 Å². The highest BCUT2D eigenvalue weighted by atomic mass is 19.1. The number of ether oxygens (including phenoxy) is 1. The highest BCUT2D eigenvalue weighted by Crippen LogP contribution is 2.39. The van der Waals surface area contributed by atoms with Crippen LogP contribution in [-0.4, -0.2) is 40.4 Å². The number of halogens is 1. The van der Waals surface area contributed by atoms with Gasteiger partial charge in [-0.2, -0.15) is 0 Å². The van der Waals surface area contributed by atoms with Crippen LogP contribution in [0.2, 0.25) is 0 Å². The van der Waals surface area contributed by atoms with Crippen molar-refractivity contribution in [2.45, 2.75) is 50.7 Å². The van der Waals surface area contributed by atoms with Gasteiger partial charge >= 0.3 is 6.09 Å². The Hall–Kier alpha value is -2.84. The van der Waals surface area contributed by atoms with Gasteiger partial charge in [-0.3, -0.25) is 4.90 Å². The Morgan fingerprint density at radius 1 is 1.23 bits per heavy atom. The third-order valence-electron chi connectivity index (χ3n) is 5.55. The third-order valence-corrected chi connectivity index (χ3v) is 5.55. The second-order valence-corrected chi connectivity index (χ2v) is 8.59. The minimum absolute atomic E-state index is 0.119. The first kappa shape index (κ1) is 21.9. The molecule has 1 heterocycles. The van der Waals surface area contributed by atoms with Crippen LogP contribution in [-0.2, 0) is 4.74 Å². The number of hydrogen-bond acceptors (Lipinski definition) is 2. The molecule has 0 saturated carbocycles. The maximum atomic E-state index is 13.1. The van der Waals surface area contributed by atoms with Crippen LogP contribution in [0.4, 0.5) is 9.18 Å². The zero-order valence-corrected chi connectivity index (χ0v) is 17.7. The summed E-state index contributed by atoms with van der Waals surface area (Å²) in [5.74, 6) is 5.89. The predicted octanol–water partition coefficient (Wildman–Crippen LogP) is 5.29. The van der Waals surface area contributed by atoms with E-state index in [1.165, 1.54) is 22.6 Å². The number of rotatable bonds is 7. The highest BCUT2D eigenvalue weighted by molar-refractivity contribution is 5.67. The zero-order chi connectivity index (χ0) is 21.8. The van der Waals surface area contributed by atoms with Crippen LogP contribution in [0.15, 0.2) is 54.6 Å². The van der Waals surface area contributed by atoms with Crippen LogP contribution in [0, 0.1) is 17.7 Å². The molecule has 5 heteroatoms. The van der Waals surface area contributed by atoms with Gasteiger partial charge in [0.15, 0.2) is 0 Å². The summed E-state index contributed by atoms with van der Waals surface area (Å²) >= 11 is 0. The molecule has 1 aliphatic rings. The summed E-state index contributed by atoms with van der Waals surface area (Å²) in [6.45, 7) is 6.78. The minimum atomic E-state index is -1.01. The van der Waals surface area contributed by atoms with Gasteiger partial charge in [-0.25, -0.2) is 9.18 Å². The van der Waals surface area contributed by atoms with Crippen molar-refractivity contribution in [3.05, 3.63) is 71.5 Å². The molecular formula is C25H28FNO3. The largest absolute Gasteiger partial charge is 0.465 e. The number of amides is 1. The Balaban J connectivity index is 1.74. The summed E-state index contributed by atoms with van der Waals surface area (Å²) in [7, 11) is 0. The Morgan fingerprint density at radius 3 is 2.43 bits per heavy atom. The van der Waals surface area contributed by atoms with Gasteiger partial charge in [-0.1, -0.05) is 42.2 Å². The summed E-state index contributed by atoms with van der Waals surface area (Å²) < 4.78 is 18.7. The first-order valence-electron chi connectivity index (χ1n) is 10.2. The fourth-order valence-corrected chi connectivity index (χ4v) is 3.60. The third kappa shape index (κ3) is 5.84. The molecule has 1 saturated heterocycles. The maximum Gasteiger partial charge on any atom is 0.408 e. The molecule has 4 nitrogen and oxygen atoms in total. The van der Waals surface area contributed by atoms with Crippen molar-refractivity contribution in [2.75, 3.05) is 13.2 Å². The SMILES string of the molecule is CC1(CC(CCN(C(=O)O)C(C)(C)C#Cc2ccc(F)cc2)c2ccccc2)CO1. The highest BCUT2D eigenvalue weighted by Gasteiger charge is 2.41. The van der Waals surface area contributed by atoms with Gasteiger partial charge in [0.1, 0.15) is 11.4 Å². The number of benzene rings is 2. The second-order valence-electron chi connectivity index (χ2n) is 8.59. The van der Waals surface area contributed by atoms with Gasteiger partial charge in [0.2, 0.25) is 0 Å². The van der Waals surface area contributed by atoms with Gasteiger partial charge in [0.05, 0.1) is 12.2 Å². The topological polar surface area (TPSA) is 53.1 Å². The van der Waals surface area contributed by atoms with Crippen LogP contribution in [0.5, 0.6) is 0 Å². The van der Waals surface area contributed by atoms with E-state index in [2.05, 4.69) is 30.9 Å². The molecule has 0 radical (unpaired) electrons. The molecule has 1 aliphatic heterocycles. The van der Waals surface area contributed by atoms with Crippen LogP contribution >= 0.6 is 0 Å². The van der Waals surface area contributed by atoms with E-state index >= 15 is 0 Å². The van der Waals surface area contributed by atoms with Crippen molar-refractivity contribution in [1.29, 1.82) is 0 Å². The number of nitrogens with zero attached hydrogens (tertiary/aromatic N) is 1. The van der Waals surface area contributed by atoms with Crippen molar-refractivity contribution in [3.63, 3.8) is 0 Å². The maximum absolute atomic E-state index is 13.1. The number of hydrogen-bond donors (Lipinski definition) is 1. The van der Waals surface area contributed by atoms with Gasteiger partial charge in [-0.05, 0) is 69.4 Å². The lowest BCUT2D eigenvalue weighted by molar-refractivity contribution is 0.111. The molecule has 2 unspecified atom stereocenters. The molecule has 0 bridgehead atoms. The van der Waals surface area contributed by atoms with E-state index < -0.39 is 11.6 Å². The summed E-state index contributed by atoms with van der Waals surface area (Å²) in [5.41, 5.74) is 0.832. The lowest BCUT2D eigenvalue weighted by Gasteiger charge is -2.33. The Kier molecular flexibility index (Phi) is 6.48. The molecule has 2 aromatic carbocycles. The number of epoxide rings is 1. The van der Waals surface area contributed by atoms with Crippen LogP contribution < -0.4 is 0 Å². The molecule has 1 N–H and O–H groups in total. The quantitative estimate of drug-likeness (QED) is 0.499. The Labute approximate surface area is 177 Å². The first-order valence-corrected chi connectivity index (χ1v) is 10.2. The van der Waals surface area contributed by atoms with E-state index in [-0.39, 0.29) is 17.3 Å². The second kappa shape index (κ2) is 8.89. The van der Waals surface area contributed by atoms with Gasteiger partial charge in [-0.15, -0.1) is 0 Å². The van der Waals surface area contributed by atoms with Crippen LogP contribution in [0.25, 0.3) is 0 Å². The lowest BCUT2D eigenvalue weighted by atomic mass is 9.86. The van der Waals surface area contributed by atoms with E-state index in [0.717, 1.165) is 13.0 Å². The molecule has 2 atom stereocenters. The Morgan fingerprint density at radius 2 is 1.87 bits per heavy atom. The monoisotopic (exact) mass is 409 g/mol. The molecular weight excluding hydrogens is 381 g/mol. The molecule has 3 rings (SSSR count). The standard InChI is InChI=1S/C25H28FNO3/c1-24(2,15-13-19-9-11-22(26)12-10-19)27(23(28)29)16-14-21(17-25(3)18-30-25)20-7-5-4-6-8-20/h4-12,21H,14,16-18H2,1-3H3,(H,28,29). The van der Waals surface area contributed by atoms with Crippen LogP contribution in [0.1, 0.15) is 50.7 Å². The van der Waals surface area contributed by atoms with Crippen molar-refractivity contribution in [2.24, 2.45) is 0 Å². The first-order chi connectivity index (χ1) is 14.2. The van der Waals surface area contributed by atoms with Gasteiger partial charge < -0.3 is 9.84 Å². The fraction of sp³-hybridized carbons (Fsp3) is 0.400. The normalized spacial score (nSPS) is 18.8. The van der Waals surface area contributed by atoms with E-state index in [0.29, 0.717) is 18.5 Å². The summed E-state index contributed by atoms with van der Waals surface area (Å²) in [6.07, 6.45) is 0.525. The molecule has 1 amide bonds. The summed E-state index contributed by atoms with van der Waals surface area (Å²) in [6, 6.07) is 16.0. The van der Waals surface area contributed by atoms with Crippen LogP contribution in [0.3, 0.4) is 0 Å². The number of carboxylic acid groups (broad SMARTS) is 1. The summed E-state index contributed by atoms with van der Waals surface area (Å²) in [4.78, 5) is 13.4. The van der Waals surface area contributed by atoms with Gasteiger partial charge in [0.25, 0.3) is 0 Å². The summed E-state index contributed by atoms with van der Waals surface area (Å²) in [5, 5.41) is 9.85. The molecule has 0 aromatic heterocycles. The molecule has 0 spiro atoms. The van der Waals surface area contributed by atoms with Crippen molar-refractivity contribution in [1.82, 2.24) is 4.90 Å². The molecule has 2 aromatic rings. The predicted molar refractivity (Wildman–Crippen MR) is 115 cm³/mol. The zero-order valence-electron chi connectivity index (χ0n) is 17.7. The molecule has 30 heavy (non-hydrogen) atoms. The van der Waals surface area contributed by atoms with E-state index in [1.807, 2.05) is 18.2 Å². The fourth-order valence-electron chi connectivity index (χ4n) is 3.60. The average Bonchev–Trinajstić information content (AvgIpc) is 3.44. The van der Waals surface area contributed by atoms with Crippen molar-refractivity contribution >= 4 is 6.09 Å². The van der Waals surface area contributed by atoms with Gasteiger partial charge in [0, 0.05) is 12.1 Å². The van der Waals surface area contributed by atoms with E-state index in [1.54, 1.807) is 26.0 Å². The molecule has 1 fully saturated rings. The molecule has 158 valence electrons. The Bertz CT molecular complexity index is 924. The smallest absolute Gasteiger partial charge is 0.408 e. The lowest BCUT2D eigenvalue weighted by Crippen LogP contribution is -2.47. The van der Waals surface area contributed by atoms with E-state index in [9.17, 15) is 14.3 Å². The van der Waals surface area contributed by atoms with Crippen molar-refractivity contribution in [3.8, 4) is 11.8 Å².